The van der Waals surface area contributed by atoms with Crippen LogP contribution in [-0.4, -0.2) is 32.0 Å². The van der Waals surface area contributed by atoms with Crippen LogP contribution in [0.4, 0.5) is 11.5 Å². The molecule has 0 aromatic carbocycles. The molecule has 0 radical (unpaired) electrons. The summed E-state index contributed by atoms with van der Waals surface area (Å²) in [7, 11) is -3.02. The Kier molecular flexibility index (Phi) is 3.68. The van der Waals surface area contributed by atoms with Crippen molar-refractivity contribution in [3.63, 3.8) is 0 Å². The SMILES string of the molecule is CS(=O)(=O)CCNc1nccc(C#N)c1N. The van der Waals surface area contributed by atoms with E-state index in [1.807, 2.05) is 6.07 Å². The molecular weight excluding hydrogens is 228 g/mol. The number of nitrogens with zero attached hydrogens (tertiary/aromatic N) is 2. The van der Waals surface area contributed by atoms with Crippen molar-refractivity contribution in [3.8, 4) is 6.07 Å². The van der Waals surface area contributed by atoms with E-state index in [9.17, 15) is 8.42 Å². The molecule has 0 fully saturated rings. The maximum atomic E-state index is 10.9. The normalized spacial score (nSPS) is 10.8. The third-order valence-corrected chi connectivity index (χ3v) is 2.82. The molecule has 0 spiro atoms. The van der Waals surface area contributed by atoms with Crippen LogP contribution in [0, 0.1) is 11.3 Å². The second-order valence-corrected chi connectivity index (χ2v) is 5.55. The number of pyridine rings is 1. The molecule has 0 aliphatic rings. The van der Waals surface area contributed by atoms with Crippen LogP contribution in [0.2, 0.25) is 0 Å². The molecule has 16 heavy (non-hydrogen) atoms. The topological polar surface area (TPSA) is 109 Å². The van der Waals surface area contributed by atoms with Crippen molar-refractivity contribution in [3.05, 3.63) is 17.8 Å². The lowest BCUT2D eigenvalue weighted by Crippen LogP contribution is -2.15. The predicted octanol–water partition coefficient (Wildman–Crippen LogP) is -0.00802. The monoisotopic (exact) mass is 240 g/mol. The molecule has 0 amide bonds. The first kappa shape index (κ1) is 12.3. The van der Waals surface area contributed by atoms with Crippen molar-refractivity contribution in [1.82, 2.24) is 4.98 Å². The van der Waals surface area contributed by atoms with Gasteiger partial charge in [-0.05, 0) is 6.07 Å². The summed E-state index contributed by atoms with van der Waals surface area (Å²) in [4.78, 5) is 3.92. The summed E-state index contributed by atoms with van der Waals surface area (Å²) in [6.45, 7) is 0.213. The van der Waals surface area contributed by atoms with Crippen molar-refractivity contribution in [2.75, 3.05) is 29.6 Å². The van der Waals surface area contributed by atoms with Gasteiger partial charge in [-0.15, -0.1) is 0 Å². The number of anilines is 2. The van der Waals surface area contributed by atoms with E-state index < -0.39 is 9.84 Å². The molecule has 0 saturated heterocycles. The first-order valence-corrected chi connectivity index (χ1v) is 6.56. The highest BCUT2D eigenvalue weighted by atomic mass is 32.2. The van der Waals surface area contributed by atoms with Crippen molar-refractivity contribution < 1.29 is 8.42 Å². The van der Waals surface area contributed by atoms with Crippen LogP contribution in [0.5, 0.6) is 0 Å². The van der Waals surface area contributed by atoms with E-state index in [0.29, 0.717) is 11.4 Å². The highest BCUT2D eigenvalue weighted by Crippen LogP contribution is 2.18. The fourth-order valence-electron chi connectivity index (χ4n) is 1.07. The number of nitriles is 1. The Morgan fingerprint density at radius 1 is 1.62 bits per heavy atom. The Balaban J connectivity index is 2.73. The quantitative estimate of drug-likeness (QED) is 0.766. The maximum absolute atomic E-state index is 10.9. The summed E-state index contributed by atoms with van der Waals surface area (Å²) in [6, 6.07) is 3.42. The summed E-state index contributed by atoms with van der Waals surface area (Å²) < 4.78 is 21.8. The van der Waals surface area contributed by atoms with Gasteiger partial charge in [0.15, 0.2) is 5.82 Å². The summed E-state index contributed by atoms with van der Waals surface area (Å²) in [5.74, 6) is 0.327. The number of nitrogens with one attached hydrogen (secondary N) is 1. The standard InChI is InChI=1S/C9H12N4O2S/c1-16(14,15)5-4-13-9-8(11)7(6-10)2-3-12-9/h2-3H,4-5,11H2,1H3,(H,12,13). The number of nitrogen functional groups attached to an aromatic ring is 1. The molecule has 0 aliphatic carbocycles. The second kappa shape index (κ2) is 4.81. The minimum Gasteiger partial charge on any atom is -0.395 e. The van der Waals surface area contributed by atoms with Gasteiger partial charge in [0.2, 0.25) is 0 Å². The average Bonchev–Trinajstić information content (AvgIpc) is 2.19. The van der Waals surface area contributed by atoms with E-state index in [2.05, 4.69) is 10.3 Å². The van der Waals surface area contributed by atoms with Crippen LogP contribution in [-0.2, 0) is 9.84 Å². The Morgan fingerprint density at radius 3 is 2.88 bits per heavy atom. The molecule has 0 bridgehead atoms. The molecule has 1 rings (SSSR count). The average molecular weight is 240 g/mol. The van der Waals surface area contributed by atoms with E-state index in [0.717, 1.165) is 6.26 Å². The predicted molar refractivity (Wildman–Crippen MR) is 61.6 cm³/mol. The number of rotatable bonds is 4. The zero-order valence-corrected chi connectivity index (χ0v) is 9.58. The van der Waals surface area contributed by atoms with Crippen LogP contribution in [0.15, 0.2) is 12.3 Å². The van der Waals surface area contributed by atoms with Gasteiger partial charge in [0.1, 0.15) is 15.9 Å². The van der Waals surface area contributed by atoms with Gasteiger partial charge in [-0.25, -0.2) is 13.4 Å². The van der Waals surface area contributed by atoms with Gasteiger partial charge in [-0.3, -0.25) is 0 Å². The smallest absolute Gasteiger partial charge is 0.150 e. The van der Waals surface area contributed by atoms with Gasteiger partial charge in [0.05, 0.1) is 17.0 Å². The lowest BCUT2D eigenvalue weighted by atomic mass is 10.2. The fraction of sp³-hybridized carbons (Fsp3) is 0.333. The number of nitrogens with two attached hydrogens (primary N) is 1. The summed E-state index contributed by atoms with van der Waals surface area (Å²) in [5, 5.41) is 11.5. The molecule has 0 saturated carbocycles. The maximum Gasteiger partial charge on any atom is 0.150 e. The molecule has 86 valence electrons. The largest absolute Gasteiger partial charge is 0.395 e. The molecule has 0 aliphatic heterocycles. The Bertz CT molecular complexity index is 519. The van der Waals surface area contributed by atoms with E-state index in [1.165, 1.54) is 12.3 Å². The first-order chi connectivity index (χ1) is 7.44. The summed E-state index contributed by atoms with van der Waals surface area (Å²) in [6.07, 6.45) is 2.59. The Morgan fingerprint density at radius 2 is 2.31 bits per heavy atom. The molecule has 7 heteroatoms. The molecule has 1 aromatic heterocycles. The number of aromatic nitrogens is 1. The van der Waals surface area contributed by atoms with E-state index in [-0.39, 0.29) is 18.0 Å². The number of hydrogen-bond acceptors (Lipinski definition) is 6. The Labute approximate surface area is 94.0 Å². The van der Waals surface area contributed by atoms with Gasteiger partial charge < -0.3 is 11.1 Å². The highest BCUT2D eigenvalue weighted by Gasteiger charge is 2.06. The van der Waals surface area contributed by atoms with Crippen LogP contribution in [0.25, 0.3) is 0 Å². The molecule has 1 aromatic rings. The van der Waals surface area contributed by atoms with E-state index >= 15 is 0 Å². The van der Waals surface area contributed by atoms with Crippen LogP contribution in [0.1, 0.15) is 5.56 Å². The minimum atomic E-state index is -3.02. The van der Waals surface area contributed by atoms with Crippen molar-refractivity contribution >= 4 is 21.3 Å². The van der Waals surface area contributed by atoms with Crippen LogP contribution in [0.3, 0.4) is 0 Å². The number of hydrogen-bond donors (Lipinski definition) is 2. The number of sulfone groups is 1. The van der Waals surface area contributed by atoms with Crippen LogP contribution >= 0.6 is 0 Å². The minimum absolute atomic E-state index is 0.00903. The molecule has 1 heterocycles. The fourth-order valence-corrected chi connectivity index (χ4v) is 1.54. The molecule has 6 nitrogen and oxygen atoms in total. The zero-order valence-electron chi connectivity index (χ0n) is 8.77. The van der Waals surface area contributed by atoms with E-state index in [4.69, 9.17) is 11.0 Å². The van der Waals surface area contributed by atoms with Gasteiger partial charge in [-0.1, -0.05) is 0 Å². The highest BCUT2D eigenvalue weighted by molar-refractivity contribution is 7.90. The first-order valence-electron chi connectivity index (χ1n) is 4.50. The summed E-state index contributed by atoms with van der Waals surface area (Å²) >= 11 is 0. The summed E-state index contributed by atoms with van der Waals surface area (Å²) in [5.41, 5.74) is 6.20. The molecular formula is C9H12N4O2S. The molecule has 3 N–H and O–H groups in total. The van der Waals surface area contributed by atoms with Gasteiger partial charge in [0, 0.05) is 19.0 Å². The Hall–Kier alpha value is -1.81. The lowest BCUT2D eigenvalue weighted by molar-refractivity contribution is 0.602. The van der Waals surface area contributed by atoms with Gasteiger partial charge in [-0.2, -0.15) is 5.26 Å². The second-order valence-electron chi connectivity index (χ2n) is 3.29. The van der Waals surface area contributed by atoms with Crippen molar-refractivity contribution in [2.24, 2.45) is 0 Å². The lowest BCUT2D eigenvalue weighted by Gasteiger charge is -2.07. The van der Waals surface area contributed by atoms with Crippen molar-refractivity contribution in [1.29, 1.82) is 5.26 Å². The third-order valence-electron chi connectivity index (χ3n) is 1.88. The molecule has 0 unspecified atom stereocenters. The molecule has 0 atom stereocenters. The van der Waals surface area contributed by atoms with Crippen LogP contribution < -0.4 is 11.1 Å². The zero-order chi connectivity index (χ0) is 12.2. The van der Waals surface area contributed by atoms with E-state index in [1.54, 1.807) is 0 Å². The van der Waals surface area contributed by atoms with Crippen molar-refractivity contribution in [2.45, 2.75) is 0 Å². The third kappa shape index (κ3) is 3.40. The van der Waals surface area contributed by atoms with Gasteiger partial charge in [0.25, 0.3) is 0 Å². The van der Waals surface area contributed by atoms with Gasteiger partial charge >= 0.3 is 0 Å².